The molecule has 2 aromatic rings. The van der Waals surface area contributed by atoms with Gasteiger partial charge in [0.2, 0.25) is 5.91 Å². The van der Waals surface area contributed by atoms with Crippen LogP contribution in [0.25, 0.3) is 10.2 Å². The van der Waals surface area contributed by atoms with Crippen molar-refractivity contribution in [2.24, 2.45) is 5.92 Å². The van der Waals surface area contributed by atoms with Crippen LogP contribution < -0.4 is 10.9 Å². The monoisotopic (exact) mass is 381 g/mol. The van der Waals surface area contributed by atoms with Gasteiger partial charge in [0, 0.05) is 10.9 Å². The number of carbonyl (C=O) groups is 1. The Morgan fingerprint density at radius 1 is 1.32 bits per heavy atom. The molecule has 2 aromatic heterocycles. The number of nitrogens with one attached hydrogen (secondary N) is 2. The molecule has 7 heteroatoms. The van der Waals surface area contributed by atoms with Crippen molar-refractivity contribution in [3.63, 3.8) is 0 Å². The molecule has 5 nitrogen and oxygen atoms in total. The van der Waals surface area contributed by atoms with E-state index in [1.807, 2.05) is 13.8 Å². The fraction of sp³-hybridized carbons (Fsp3) is 0.611. The van der Waals surface area contributed by atoms with Crippen LogP contribution in [0.15, 0.2) is 9.95 Å². The number of hydrogen-bond acceptors (Lipinski definition) is 5. The minimum Gasteiger partial charge on any atom is -0.353 e. The number of aromatic nitrogens is 2. The highest BCUT2D eigenvalue weighted by atomic mass is 32.2. The van der Waals surface area contributed by atoms with E-state index in [1.54, 1.807) is 11.3 Å². The molecule has 25 heavy (non-hydrogen) atoms. The maximum Gasteiger partial charge on any atom is 0.260 e. The van der Waals surface area contributed by atoms with Crippen molar-refractivity contribution in [3.8, 4) is 0 Å². The number of rotatable bonds is 8. The van der Waals surface area contributed by atoms with Gasteiger partial charge in [0.1, 0.15) is 4.83 Å². The largest absolute Gasteiger partial charge is 0.353 e. The zero-order valence-electron chi connectivity index (χ0n) is 15.6. The Bertz CT molecular complexity index is 797. The summed E-state index contributed by atoms with van der Waals surface area (Å²) in [4.78, 5) is 33.8. The molecule has 0 unspecified atom stereocenters. The van der Waals surface area contributed by atoms with Crippen LogP contribution in [0.4, 0.5) is 0 Å². The number of aryl methyl sites for hydroxylation is 1. The number of thioether (sulfide) groups is 1. The van der Waals surface area contributed by atoms with Gasteiger partial charge in [-0.3, -0.25) is 9.59 Å². The molecule has 0 aliphatic carbocycles. The predicted octanol–water partition coefficient (Wildman–Crippen LogP) is 3.89. The van der Waals surface area contributed by atoms with Gasteiger partial charge < -0.3 is 10.3 Å². The lowest BCUT2D eigenvalue weighted by Gasteiger charge is -2.10. The van der Waals surface area contributed by atoms with Crippen molar-refractivity contribution >= 4 is 39.2 Å². The number of thiophene rings is 1. The second kappa shape index (κ2) is 8.85. The van der Waals surface area contributed by atoms with Crippen molar-refractivity contribution in [3.05, 3.63) is 20.8 Å². The van der Waals surface area contributed by atoms with Crippen LogP contribution in [-0.2, 0) is 11.2 Å². The molecule has 0 aliphatic heterocycles. The maximum atomic E-state index is 12.6. The van der Waals surface area contributed by atoms with Crippen molar-refractivity contribution in [2.45, 2.75) is 65.1 Å². The standard InChI is InChI=1S/C18H27N3O2S2/c1-6-10(3)8-13-12(5)25-17-15(13)16(23)20-18(21-17)24-9-14(22)19-11(4)7-2/h10-11H,6-9H2,1-5H3,(H,19,22)(H,20,21,23)/t10-,11-/m1/s1. The number of aromatic amines is 1. The van der Waals surface area contributed by atoms with Crippen LogP contribution in [0, 0.1) is 12.8 Å². The van der Waals surface area contributed by atoms with E-state index in [0.717, 1.165) is 39.9 Å². The van der Waals surface area contributed by atoms with Gasteiger partial charge in [-0.25, -0.2) is 4.98 Å². The minimum atomic E-state index is -0.0995. The first kappa shape index (κ1) is 20.0. The highest BCUT2D eigenvalue weighted by Gasteiger charge is 2.17. The number of H-pyrrole nitrogens is 1. The van der Waals surface area contributed by atoms with Gasteiger partial charge >= 0.3 is 0 Å². The highest BCUT2D eigenvalue weighted by molar-refractivity contribution is 7.99. The van der Waals surface area contributed by atoms with Gasteiger partial charge in [0.15, 0.2) is 5.16 Å². The molecule has 2 atom stereocenters. The molecule has 2 rings (SSSR count). The number of amides is 1. The molecule has 0 fully saturated rings. The van der Waals surface area contributed by atoms with Crippen molar-refractivity contribution in [1.82, 2.24) is 15.3 Å². The van der Waals surface area contributed by atoms with E-state index < -0.39 is 0 Å². The molecular formula is C18H27N3O2S2. The first-order valence-electron chi connectivity index (χ1n) is 8.80. The molecule has 1 amide bonds. The summed E-state index contributed by atoms with van der Waals surface area (Å²) in [6.07, 6.45) is 2.88. The Morgan fingerprint density at radius 3 is 2.68 bits per heavy atom. The molecule has 0 spiro atoms. The Kier molecular flexibility index (Phi) is 7.07. The van der Waals surface area contributed by atoms with Crippen LogP contribution >= 0.6 is 23.1 Å². The smallest absolute Gasteiger partial charge is 0.260 e. The summed E-state index contributed by atoms with van der Waals surface area (Å²) in [5, 5.41) is 4.14. The van der Waals surface area contributed by atoms with Crippen LogP contribution in [0.5, 0.6) is 0 Å². The van der Waals surface area contributed by atoms with E-state index in [1.165, 1.54) is 11.8 Å². The molecule has 2 N–H and O–H groups in total. The van der Waals surface area contributed by atoms with E-state index in [4.69, 9.17) is 0 Å². The topological polar surface area (TPSA) is 74.8 Å². The van der Waals surface area contributed by atoms with E-state index >= 15 is 0 Å². The van der Waals surface area contributed by atoms with Gasteiger partial charge in [0.05, 0.1) is 11.1 Å². The normalized spacial score (nSPS) is 13.8. The Balaban J connectivity index is 2.19. The molecule has 138 valence electrons. The van der Waals surface area contributed by atoms with E-state index in [0.29, 0.717) is 11.1 Å². The highest BCUT2D eigenvalue weighted by Crippen LogP contribution is 2.30. The summed E-state index contributed by atoms with van der Waals surface area (Å²) in [5.41, 5.74) is 1.02. The third-order valence-electron chi connectivity index (χ3n) is 4.45. The van der Waals surface area contributed by atoms with Gasteiger partial charge in [-0.15, -0.1) is 11.3 Å². The van der Waals surface area contributed by atoms with Gasteiger partial charge in [-0.1, -0.05) is 39.0 Å². The van der Waals surface area contributed by atoms with Gasteiger partial charge in [-0.05, 0) is 38.2 Å². The van der Waals surface area contributed by atoms with Gasteiger partial charge in [0.25, 0.3) is 5.56 Å². The summed E-state index contributed by atoms with van der Waals surface area (Å²) in [7, 11) is 0. The Labute approximate surface area is 157 Å². The number of fused-ring (bicyclic) bond motifs is 1. The molecule has 0 bridgehead atoms. The molecule has 0 aromatic carbocycles. The average Bonchev–Trinajstić information content (AvgIpc) is 2.88. The second-order valence-corrected chi connectivity index (χ2v) is 8.74. The lowest BCUT2D eigenvalue weighted by Crippen LogP contribution is -2.33. The zero-order chi connectivity index (χ0) is 18.6. The van der Waals surface area contributed by atoms with Gasteiger partial charge in [-0.2, -0.15) is 0 Å². The number of hydrogen-bond donors (Lipinski definition) is 2. The van der Waals surface area contributed by atoms with E-state index in [9.17, 15) is 9.59 Å². The molecule has 0 aliphatic rings. The maximum absolute atomic E-state index is 12.6. The summed E-state index contributed by atoms with van der Waals surface area (Å²) in [5.74, 6) is 0.749. The fourth-order valence-electron chi connectivity index (χ4n) is 2.51. The first-order valence-corrected chi connectivity index (χ1v) is 10.6. The van der Waals surface area contributed by atoms with E-state index in [2.05, 4.69) is 36.1 Å². The number of nitrogens with zero attached hydrogens (tertiary/aromatic N) is 1. The minimum absolute atomic E-state index is 0.0399. The summed E-state index contributed by atoms with van der Waals surface area (Å²) >= 11 is 2.83. The Hall–Kier alpha value is -1.34. The molecular weight excluding hydrogens is 354 g/mol. The number of carbonyl (C=O) groups excluding carboxylic acids is 1. The second-order valence-electron chi connectivity index (χ2n) is 6.57. The Morgan fingerprint density at radius 2 is 2.04 bits per heavy atom. The average molecular weight is 382 g/mol. The molecule has 0 saturated carbocycles. The first-order chi connectivity index (χ1) is 11.8. The summed E-state index contributed by atoms with van der Waals surface area (Å²) < 4.78 is 0. The van der Waals surface area contributed by atoms with Crippen LogP contribution in [0.2, 0.25) is 0 Å². The van der Waals surface area contributed by atoms with Crippen LogP contribution in [-0.4, -0.2) is 27.7 Å². The molecule has 0 radical (unpaired) electrons. The SMILES string of the molecule is CC[C@@H](C)Cc1c(C)sc2nc(SCC(=O)N[C@H](C)CC)[nH]c(=O)c12. The third kappa shape index (κ3) is 5.07. The molecule has 0 saturated heterocycles. The van der Waals surface area contributed by atoms with Crippen molar-refractivity contribution in [1.29, 1.82) is 0 Å². The predicted molar refractivity (Wildman–Crippen MR) is 107 cm³/mol. The lowest BCUT2D eigenvalue weighted by molar-refractivity contribution is -0.119. The summed E-state index contributed by atoms with van der Waals surface area (Å²) in [6, 6.07) is 0.158. The summed E-state index contributed by atoms with van der Waals surface area (Å²) in [6.45, 7) is 10.4. The van der Waals surface area contributed by atoms with Crippen molar-refractivity contribution < 1.29 is 4.79 Å². The lowest BCUT2D eigenvalue weighted by atomic mass is 9.98. The quantitative estimate of drug-likeness (QED) is 0.537. The van der Waals surface area contributed by atoms with Crippen LogP contribution in [0.1, 0.15) is 51.0 Å². The third-order valence-corrected chi connectivity index (χ3v) is 6.36. The van der Waals surface area contributed by atoms with Crippen LogP contribution in [0.3, 0.4) is 0 Å². The van der Waals surface area contributed by atoms with Crippen molar-refractivity contribution in [2.75, 3.05) is 5.75 Å². The fourth-order valence-corrected chi connectivity index (χ4v) is 4.30. The van der Waals surface area contributed by atoms with E-state index in [-0.39, 0.29) is 23.3 Å². The zero-order valence-corrected chi connectivity index (χ0v) is 17.2. The molecule has 2 heterocycles.